The Kier molecular flexibility index (Phi) is 13.5. The van der Waals surface area contributed by atoms with Crippen molar-refractivity contribution in [2.45, 2.75) is 102 Å². The third-order valence-electron chi connectivity index (χ3n) is 8.42. The maximum Gasteiger partial charge on any atom is 0.326 e. The number of amides is 4. The highest BCUT2D eigenvalue weighted by atomic mass is 16.4. The Morgan fingerprint density at radius 1 is 1.02 bits per heavy atom. The first-order valence-corrected chi connectivity index (χ1v) is 15.9. The lowest BCUT2D eigenvalue weighted by Crippen LogP contribution is -2.60. The van der Waals surface area contributed by atoms with Crippen LogP contribution in [-0.2, 0) is 36.8 Å². The van der Waals surface area contributed by atoms with Crippen molar-refractivity contribution in [1.29, 1.82) is 0 Å². The summed E-state index contributed by atoms with van der Waals surface area (Å²) in [5, 5.41) is 27.7. The van der Waals surface area contributed by atoms with Gasteiger partial charge < -0.3 is 41.8 Å². The summed E-state index contributed by atoms with van der Waals surface area (Å²) in [5.74, 6) is -3.72. The van der Waals surface area contributed by atoms with Crippen molar-refractivity contribution < 1.29 is 34.2 Å². The van der Waals surface area contributed by atoms with Crippen LogP contribution in [0.2, 0.25) is 0 Å². The van der Waals surface area contributed by atoms with Crippen molar-refractivity contribution in [2.24, 2.45) is 11.7 Å². The number of aromatic hydroxyl groups is 1. The van der Waals surface area contributed by atoms with E-state index in [1.807, 2.05) is 13.8 Å². The minimum Gasteiger partial charge on any atom is -0.508 e. The standard InChI is InChI=1S/C32H47N7O7/c1-4-6-8-23(33)28(41)36-24(15-20-10-12-22(40)13-11-20)29(42)38-27(19(3)5-2)30(43)37-25(16-21-17-34-18-35-21)31(44)39-14-7-9-26(39)32(45)46/h10-13,17-19,23-27,40H,4-9,14-16,33H2,1-3H3,(H,34,35)(H,36,41)(H,37,43)(H,38,42)(H,45,46)/t19-,23-,24-,25-,26-,27-/m0/s1. The fourth-order valence-electron chi connectivity index (χ4n) is 5.43. The number of carboxylic acid groups (broad SMARTS) is 1. The van der Waals surface area contributed by atoms with Crippen molar-refractivity contribution in [3.05, 3.63) is 48.0 Å². The van der Waals surface area contributed by atoms with E-state index in [9.17, 15) is 34.2 Å². The van der Waals surface area contributed by atoms with Crippen molar-refractivity contribution in [2.75, 3.05) is 6.54 Å². The zero-order chi connectivity index (χ0) is 33.8. The molecule has 0 radical (unpaired) electrons. The van der Waals surface area contributed by atoms with Crippen LogP contribution in [0, 0.1) is 5.92 Å². The van der Waals surface area contributed by atoms with Crippen LogP contribution in [0.25, 0.3) is 0 Å². The minimum absolute atomic E-state index is 0.0315. The number of phenolic OH excluding ortho intramolecular Hbond substituents is 1. The number of likely N-dealkylation sites (tertiary alicyclic amines) is 1. The summed E-state index contributed by atoms with van der Waals surface area (Å²) in [6, 6.07) is 1.09. The van der Waals surface area contributed by atoms with Gasteiger partial charge in [-0.1, -0.05) is 52.2 Å². The fourth-order valence-corrected chi connectivity index (χ4v) is 5.43. The molecule has 0 bridgehead atoms. The van der Waals surface area contributed by atoms with Crippen LogP contribution >= 0.6 is 0 Å². The third kappa shape index (κ3) is 10.0. The lowest BCUT2D eigenvalue weighted by atomic mass is 9.96. The lowest BCUT2D eigenvalue weighted by molar-refractivity contribution is -0.149. The molecule has 1 aromatic carbocycles. The van der Waals surface area contributed by atoms with Crippen LogP contribution in [0.1, 0.15) is 70.6 Å². The van der Waals surface area contributed by atoms with E-state index in [2.05, 4.69) is 25.9 Å². The predicted octanol–water partition coefficient (Wildman–Crippen LogP) is 0.994. The van der Waals surface area contributed by atoms with E-state index in [0.29, 0.717) is 36.9 Å². The Balaban J connectivity index is 1.84. The second kappa shape index (κ2) is 17.3. The predicted molar refractivity (Wildman–Crippen MR) is 169 cm³/mol. The van der Waals surface area contributed by atoms with Gasteiger partial charge in [-0.25, -0.2) is 9.78 Å². The van der Waals surface area contributed by atoms with Gasteiger partial charge in [0.2, 0.25) is 23.6 Å². The molecule has 4 amide bonds. The van der Waals surface area contributed by atoms with Gasteiger partial charge in [0.15, 0.2) is 0 Å². The molecule has 0 spiro atoms. The number of unbranched alkanes of at least 4 members (excludes halogenated alkanes) is 1. The first-order chi connectivity index (χ1) is 21.9. The molecule has 14 heteroatoms. The molecule has 2 heterocycles. The van der Waals surface area contributed by atoms with E-state index < -0.39 is 59.8 Å². The van der Waals surface area contributed by atoms with E-state index in [1.165, 1.54) is 29.6 Å². The number of aliphatic carboxylic acids is 1. The number of aromatic amines is 1. The average molecular weight is 642 g/mol. The molecule has 1 aliphatic heterocycles. The number of nitrogens with zero attached hydrogens (tertiary/aromatic N) is 2. The van der Waals surface area contributed by atoms with Crippen LogP contribution in [0.3, 0.4) is 0 Å². The van der Waals surface area contributed by atoms with Crippen LogP contribution in [0.15, 0.2) is 36.8 Å². The molecule has 14 nitrogen and oxygen atoms in total. The Morgan fingerprint density at radius 2 is 1.72 bits per heavy atom. The van der Waals surface area contributed by atoms with E-state index in [4.69, 9.17) is 5.73 Å². The first kappa shape index (κ1) is 36.0. The second-order valence-corrected chi connectivity index (χ2v) is 11.9. The topological polar surface area (TPSA) is 220 Å². The Labute approximate surface area is 268 Å². The average Bonchev–Trinajstić information content (AvgIpc) is 3.74. The maximum atomic E-state index is 13.8. The normalized spacial score (nSPS) is 17.7. The van der Waals surface area contributed by atoms with Gasteiger partial charge in [-0.05, 0) is 42.9 Å². The number of benzene rings is 1. The molecule has 252 valence electrons. The number of H-pyrrole nitrogens is 1. The monoisotopic (exact) mass is 641 g/mol. The Hall–Kier alpha value is -4.46. The van der Waals surface area contributed by atoms with Gasteiger partial charge in [0, 0.05) is 31.3 Å². The number of aromatic nitrogens is 2. The van der Waals surface area contributed by atoms with Crippen molar-refractivity contribution in [3.63, 3.8) is 0 Å². The van der Waals surface area contributed by atoms with Crippen molar-refractivity contribution >= 4 is 29.6 Å². The van der Waals surface area contributed by atoms with Gasteiger partial charge >= 0.3 is 5.97 Å². The summed E-state index contributed by atoms with van der Waals surface area (Å²) in [4.78, 5) is 74.2. The van der Waals surface area contributed by atoms with E-state index in [1.54, 1.807) is 19.1 Å². The molecular formula is C32H47N7O7. The zero-order valence-electron chi connectivity index (χ0n) is 26.7. The van der Waals surface area contributed by atoms with Gasteiger partial charge in [0.1, 0.15) is 29.9 Å². The van der Waals surface area contributed by atoms with Crippen molar-refractivity contribution in [3.8, 4) is 5.75 Å². The minimum atomic E-state index is -1.12. The number of hydrogen-bond donors (Lipinski definition) is 7. The summed E-state index contributed by atoms with van der Waals surface area (Å²) in [5.41, 5.74) is 7.30. The van der Waals surface area contributed by atoms with E-state index in [-0.39, 0.29) is 31.1 Å². The number of carbonyl (C=O) groups is 5. The molecule has 1 aromatic heterocycles. The molecule has 1 aliphatic rings. The molecule has 6 atom stereocenters. The highest BCUT2D eigenvalue weighted by Gasteiger charge is 2.39. The highest BCUT2D eigenvalue weighted by molar-refractivity contribution is 5.96. The van der Waals surface area contributed by atoms with E-state index >= 15 is 0 Å². The van der Waals surface area contributed by atoms with Gasteiger partial charge in [-0.15, -0.1) is 0 Å². The molecular weight excluding hydrogens is 594 g/mol. The highest BCUT2D eigenvalue weighted by Crippen LogP contribution is 2.20. The van der Waals surface area contributed by atoms with E-state index in [0.717, 1.165) is 12.8 Å². The molecule has 0 aliphatic carbocycles. The summed E-state index contributed by atoms with van der Waals surface area (Å²) in [6.07, 6.45) is 6.42. The lowest BCUT2D eigenvalue weighted by Gasteiger charge is -2.31. The summed E-state index contributed by atoms with van der Waals surface area (Å²) < 4.78 is 0. The number of phenols is 1. The third-order valence-corrected chi connectivity index (χ3v) is 8.42. The quantitative estimate of drug-likeness (QED) is 0.131. The number of carboxylic acids is 1. The summed E-state index contributed by atoms with van der Waals surface area (Å²) >= 11 is 0. The molecule has 3 rings (SSSR count). The largest absolute Gasteiger partial charge is 0.508 e. The summed E-state index contributed by atoms with van der Waals surface area (Å²) in [6.45, 7) is 5.87. The molecule has 2 aromatic rings. The molecule has 8 N–H and O–H groups in total. The molecule has 46 heavy (non-hydrogen) atoms. The second-order valence-electron chi connectivity index (χ2n) is 11.9. The van der Waals surface area contributed by atoms with Crippen LogP contribution in [-0.4, -0.2) is 91.4 Å². The number of carbonyl (C=O) groups excluding carboxylic acids is 4. The number of nitrogens with one attached hydrogen (secondary N) is 4. The van der Waals surface area contributed by atoms with Crippen molar-refractivity contribution in [1.82, 2.24) is 30.8 Å². The van der Waals surface area contributed by atoms with Gasteiger partial charge in [0.25, 0.3) is 0 Å². The van der Waals surface area contributed by atoms with Gasteiger partial charge in [-0.2, -0.15) is 0 Å². The smallest absolute Gasteiger partial charge is 0.326 e. The maximum absolute atomic E-state index is 13.8. The summed E-state index contributed by atoms with van der Waals surface area (Å²) in [7, 11) is 0. The Morgan fingerprint density at radius 3 is 2.33 bits per heavy atom. The van der Waals surface area contributed by atoms with Gasteiger partial charge in [-0.3, -0.25) is 19.2 Å². The van der Waals surface area contributed by atoms with Gasteiger partial charge in [0.05, 0.1) is 12.4 Å². The Bertz CT molecular complexity index is 1320. The molecule has 0 saturated carbocycles. The fraction of sp³-hybridized carbons (Fsp3) is 0.562. The number of nitrogens with two attached hydrogens (primary N) is 1. The van der Waals surface area contributed by atoms with Crippen LogP contribution in [0.4, 0.5) is 0 Å². The molecule has 1 saturated heterocycles. The first-order valence-electron chi connectivity index (χ1n) is 15.9. The number of imidazole rings is 1. The number of rotatable bonds is 17. The SMILES string of the molecule is CCCC[C@H](N)C(=O)N[C@@H](Cc1ccc(O)cc1)C(=O)N[C@H](C(=O)N[C@@H](Cc1cnc[nH]1)C(=O)N1CCC[C@H]1C(=O)O)[C@@H](C)CC. The number of hydrogen-bond acceptors (Lipinski definition) is 8. The zero-order valence-corrected chi connectivity index (χ0v) is 26.7. The van der Waals surface area contributed by atoms with Crippen LogP contribution in [0.5, 0.6) is 5.75 Å². The molecule has 0 unspecified atom stereocenters. The van der Waals surface area contributed by atoms with Crippen LogP contribution < -0.4 is 21.7 Å². The molecule has 1 fully saturated rings.